The van der Waals surface area contributed by atoms with Crippen molar-refractivity contribution in [2.75, 3.05) is 18.8 Å². The highest BCUT2D eigenvalue weighted by atomic mass is 19.1. The maximum Gasteiger partial charge on any atom is 0.408 e. The molecule has 2 aromatic rings. The fourth-order valence-electron chi connectivity index (χ4n) is 3.49. The van der Waals surface area contributed by atoms with Gasteiger partial charge in [-0.05, 0) is 57.9 Å². The van der Waals surface area contributed by atoms with Crippen molar-refractivity contribution in [3.8, 4) is 5.69 Å². The van der Waals surface area contributed by atoms with E-state index in [0.29, 0.717) is 31.7 Å². The lowest BCUT2D eigenvalue weighted by molar-refractivity contribution is 0.0389. The monoisotopic (exact) mass is 403 g/mol. The summed E-state index contributed by atoms with van der Waals surface area (Å²) in [5, 5.41) is 2.68. The third-order valence-corrected chi connectivity index (χ3v) is 4.73. The molecule has 158 valence electrons. The molecule has 0 radical (unpaired) electrons. The molecule has 2 atom stereocenters. The van der Waals surface area contributed by atoms with Gasteiger partial charge in [-0.1, -0.05) is 0 Å². The molecule has 0 spiro atoms. The molecule has 1 aliphatic heterocycles. The summed E-state index contributed by atoms with van der Waals surface area (Å²) < 4.78 is 21.6. The van der Waals surface area contributed by atoms with Gasteiger partial charge in [-0.3, -0.25) is 4.90 Å². The lowest BCUT2D eigenvalue weighted by Crippen LogP contribution is -2.54. The molecule has 1 aromatic heterocycles. The van der Waals surface area contributed by atoms with Crippen molar-refractivity contribution in [2.24, 2.45) is 0 Å². The predicted octanol–water partition coefficient (Wildman–Crippen LogP) is 3.20. The first-order chi connectivity index (χ1) is 13.6. The van der Waals surface area contributed by atoms with E-state index in [1.807, 2.05) is 29.8 Å². The molecule has 0 bridgehead atoms. The topological polar surface area (TPSA) is 85.4 Å². The number of benzene rings is 1. The second-order valence-corrected chi connectivity index (χ2v) is 8.65. The highest BCUT2D eigenvalue weighted by Gasteiger charge is 2.31. The number of alkyl carbamates (subject to hydrolysis) is 1. The summed E-state index contributed by atoms with van der Waals surface area (Å²) in [6.07, 6.45) is 2.37. The fraction of sp³-hybridized carbons (Fsp3) is 0.524. The Kier molecular flexibility index (Phi) is 6.12. The van der Waals surface area contributed by atoms with Crippen molar-refractivity contribution in [1.29, 1.82) is 0 Å². The van der Waals surface area contributed by atoms with E-state index in [2.05, 4.69) is 21.3 Å². The van der Waals surface area contributed by atoms with Gasteiger partial charge < -0.3 is 20.4 Å². The number of halogens is 1. The summed E-state index contributed by atoms with van der Waals surface area (Å²) >= 11 is 0. The van der Waals surface area contributed by atoms with E-state index in [4.69, 9.17) is 10.5 Å². The number of nitrogen functional groups attached to an aromatic ring is 1. The number of aromatic nitrogens is 2. The average Bonchev–Trinajstić information content (AvgIpc) is 3.02. The molecule has 1 aliphatic rings. The Morgan fingerprint density at radius 3 is 2.79 bits per heavy atom. The number of amides is 1. The van der Waals surface area contributed by atoms with Gasteiger partial charge in [0.1, 0.15) is 11.8 Å². The lowest BCUT2D eigenvalue weighted by Gasteiger charge is -2.35. The van der Waals surface area contributed by atoms with E-state index in [1.54, 1.807) is 27.1 Å². The normalized spacial score (nSPS) is 20.4. The number of hydrogen-bond donors (Lipinski definition) is 2. The first-order valence-electron chi connectivity index (χ1n) is 9.85. The predicted molar refractivity (Wildman–Crippen MR) is 111 cm³/mol. The molecule has 3 rings (SSSR count). The highest BCUT2D eigenvalue weighted by Crippen LogP contribution is 2.21. The number of piperidine rings is 1. The molecule has 8 heteroatoms. The number of carbonyl (C=O) groups is 1. The van der Waals surface area contributed by atoms with Gasteiger partial charge >= 0.3 is 6.09 Å². The molecular weight excluding hydrogens is 373 g/mol. The van der Waals surface area contributed by atoms with Crippen LogP contribution in [0.1, 0.15) is 38.4 Å². The van der Waals surface area contributed by atoms with Crippen LogP contribution in [0, 0.1) is 6.92 Å². The van der Waals surface area contributed by atoms with Crippen LogP contribution in [0.2, 0.25) is 0 Å². The fourth-order valence-corrected chi connectivity index (χ4v) is 3.49. The average molecular weight is 404 g/mol. The van der Waals surface area contributed by atoms with Crippen molar-refractivity contribution in [3.63, 3.8) is 0 Å². The standard InChI is InChI=1S/C21H30FN5O2/c1-14-10-27(13-24-14)17-8-15(7-16(23)9-17)11-26-6-5-18(22)19(12-26)25-20(28)29-21(2,3)4/h7-10,13,18-19H,5-6,11-12,23H2,1-4H3,(H,25,28)/t18-,19-/m1/s1. The summed E-state index contributed by atoms with van der Waals surface area (Å²) in [6.45, 7) is 8.92. The number of alkyl halides is 1. The molecule has 7 nitrogen and oxygen atoms in total. The van der Waals surface area contributed by atoms with E-state index in [0.717, 1.165) is 16.9 Å². The SMILES string of the molecule is Cc1cn(-c2cc(N)cc(CN3CC[C@@H](F)[C@H](NC(=O)OC(C)(C)C)C3)c2)cn1. The Morgan fingerprint density at radius 1 is 1.38 bits per heavy atom. The van der Waals surface area contributed by atoms with Crippen LogP contribution < -0.4 is 11.1 Å². The minimum absolute atomic E-state index is 0.357. The first kappa shape index (κ1) is 21.1. The zero-order valence-corrected chi connectivity index (χ0v) is 17.5. The number of nitrogens with one attached hydrogen (secondary N) is 1. The van der Waals surface area contributed by atoms with Crippen LogP contribution in [-0.2, 0) is 11.3 Å². The molecule has 3 N–H and O–H groups in total. The second kappa shape index (κ2) is 8.41. The second-order valence-electron chi connectivity index (χ2n) is 8.65. The molecule has 1 saturated heterocycles. The van der Waals surface area contributed by atoms with Crippen molar-refractivity contribution in [1.82, 2.24) is 19.8 Å². The van der Waals surface area contributed by atoms with Crippen LogP contribution in [0.15, 0.2) is 30.7 Å². The Hall–Kier alpha value is -2.61. The van der Waals surface area contributed by atoms with Crippen LogP contribution in [0.5, 0.6) is 0 Å². The van der Waals surface area contributed by atoms with Gasteiger partial charge in [0.25, 0.3) is 0 Å². The Balaban J connectivity index is 1.67. The number of aryl methyl sites for hydroxylation is 1. The number of hydrogen-bond acceptors (Lipinski definition) is 5. The maximum atomic E-state index is 14.4. The van der Waals surface area contributed by atoms with Gasteiger partial charge in [0, 0.05) is 37.2 Å². The molecule has 0 saturated carbocycles. The Morgan fingerprint density at radius 2 is 2.14 bits per heavy atom. The maximum absolute atomic E-state index is 14.4. The summed E-state index contributed by atoms with van der Waals surface area (Å²) in [6, 6.07) is 5.27. The quantitative estimate of drug-likeness (QED) is 0.766. The summed E-state index contributed by atoms with van der Waals surface area (Å²) in [5.41, 5.74) is 9.03. The summed E-state index contributed by atoms with van der Waals surface area (Å²) in [4.78, 5) is 18.4. The Bertz CT molecular complexity index is 861. The number of imidazole rings is 1. The van der Waals surface area contributed by atoms with Crippen LogP contribution in [0.3, 0.4) is 0 Å². The van der Waals surface area contributed by atoms with Gasteiger partial charge in [-0.15, -0.1) is 0 Å². The van der Waals surface area contributed by atoms with Crippen LogP contribution in [-0.4, -0.2) is 51.4 Å². The van der Waals surface area contributed by atoms with Gasteiger partial charge in [-0.2, -0.15) is 0 Å². The highest BCUT2D eigenvalue weighted by molar-refractivity contribution is 5.68. The molecule has 29 heavy (non-hydrogen) atoms. The number of anilines is 1. The molecule has 1 fully saturated rings. The van der Waals surface area contributed by atoms with Gasteiger partial charge in [-0.25, -0.2) is 14.2 Å². The van der Waals surface area contributed by atoms with Gasteiger partial charge in [0.05, 0.1) is 18.1 Å². The van der Waals surface area contributed by atoms with Crippen molar-refractivity contribution < 1.29 is 13.9 Å². The van der Waals surface area contributed by atoms with Crippen LogP contribution in [0.25, 0.3) is 5.69 Å². The molecule has 0 aliphatic carbocycles. The molecular formula is C21H30FN5O2. The van der Waals surface area contributed by atoms with Crippen molar-refractivity contribution >= 4 is 11.8 Å². The number of rotatable bonds is 4. The molecule has 0 unspecified atom stereocenters. The third kappa shape index (κ3) is 5.93. The number of nitrogens with two attached hydrogens (primary N) is 1. The van der Waals surface area contributed by atoms with Gasteiger partial charge in [0.2, 0.25) is 0 Å². The summed E-state index contributed by atoms with van der Waals surface area (Å²) in [7, 11) is 0. The zero-order valence-electron chi connectivity index (χ0n) is 17.5. The van der Waals surface area contributed by atoms with Crippen molar-refractivity contribution in [3.05, 3.63) is 42.0 Å². The van der Waals surface area contributed by atoms with E-state index < -0.39 is 23.9 Å². The van der Waals surface area contributed by atoms with Crippen LogP contribution >= 0.6 is 0 Å². The van der Waals surface area contributed by atoms with Gasteiger partial charge in [0.15, 0.2) is 0 Å². The van der Waals surface area contributed by atoms with E-state index >= 15 is 0 Å². The number of likely N-dealkylation sites (tertiary alicyclic amines) is 1. The van der Waals surface area contributed by atoms with E-state index in [9.17, 15) is 9.18 Å². The number of carbonyl (C=O) groups excluding carboxylic acids is 1. The largest absolute Gasteiger partial charge is 0.444 e. The smallest absolute Gasteiger partial charge is 0.408 e. The number of nitrogens with zero attached hydrogens (tertiary/aromatic N) is 3. The zero-order chi connectivity index (χ0) is 21.2. The minimum atomic E-state index is -1.09. The third-order valence-electron chi connectivity index (χ3n) is 4.73. The molecule has 1 amide bonds. The minimum Gasteiger partial charge on any atom is -0.444 e. The van der Waals surface area contributed by atoms with E-state index in [1.165, 1.54) is 0 Å². The summed E-state index contributed by atoms with van der Waals surface area (Å²) in [5.74, 6) is 0. The first-order valence-corrected chi connectivity index (χ1v) is 9.85. The van der Waals surface area contributed by atoms with E-state index in [-0.39, 0.29) is 0 Å². The van der Waals surface area contributed by atoms with Crippen molar-refractivity contribution in [2.45, 2.75) is 58.5 Å². The molecule has 1 aromatic carbocycles. The molecule has 2 heterocycles. The van der Waals surface area contributed by atoms with Crippen LogP contribution in [0.4, 0.5) is 14.9 Å². The number of ether oxygens (including phenoxy) is 1. The Labute approximate surface area is 171 Å². The lowest BCUT2D eigenvalue weighted by atomic mass is 10.0.